The lowest BCUT2D eigenvalue weighted by Gasteiger charge is -2.36. The largest absolute Gasteiger partial charge is 0.348 e. The van der Waals surface area contributed by atoms with Gasteiger partial charge in [-0.15, -0.1) is 0 Å². The molecule has 1 aliphatic rings. The zero-order valence-electron chi connectivity index (χ0n) is 15.1. The van der Waals surface area contributed by atoms with Crippen LogP contribution >= 0.6 is 0 Å². The van der Waals surface area contributed by atoms with Crippen LogP contribution in [0, 0.1) is 10.1 Å². The van der Waals surface area contributed by atoms with E-state index in [0.717, 1.165) is 17.8 Å². The third kappa shape index (κ3) is 3.44. The fourth-order valence-corrected chi connectivity index (χ4v) is 3.61. The van der Waals surface area contributed by atoms with Crippen LogP contribution in [-0.2, 0) is 11.3 Å². The Bertz CT molecular complexity index is 1040. The van der Waals surface area contributed by atoms with Crippen molar-refractivity contribution in [3.05, 3.63) is 106 Å². The van der Waals surface area contributed by atoms with E-state index >= 15 is 0 Å². The first-order valence-electron chi connectivity index (χ1n) is 9.06. The first-order chi connectivity index (χ1) is 13.6. The van der Waals surface area contributed by atoms with Gasteiger partial charge in [0.15, 0.2) is 0 Å². The third-order valence-electron chi connectivity index (χ3n) is 4.94. The molecule has 2 aromatic carbocycles. The second-order valence-electron chi connectivity index (χ2n) is 6.66. The van der Waals surface area contributed by atoms with Crippen molar-refractivity contribution >= 4 is 17.7 Å². The standard InChI is InChI=1S/C22H19N3O3/c26-21(12-11-17-6-4-9-19(16-17)25(27)28)24-15-14-23-13-5-10-20(23)22(24)18-7-2-1-3-8-18/h1-13,16,22H,14-15H2. The molecule has 28 heavy (non-hydrogen) atoms. The summed E-state index contributed by atoms with van der Waals surface area (Å²) in [4.78, 5) is 25.3. The quantitative estimate of drug-likeness (QED) is 0.394. The van der Waals surface area contributed by atoms with Gasteiger partial charge in [-0.3, -0.25) is 14.9 Å². The summed E-state index contributed by atoms with van der Waals surface area (Å²) in [5, 5.41) is 10.9. The predicted molar refractivity (Wildman–Crippen MR) is 107 cm³/mol. The van der Waals surface area contributed by atoms with Crippen LogP contribution in [0.1, 0.15) is 22.9 Å². The Balaban J connectivity index is 1.63. The Morgan fingerprint density at radius 3 is 2.64 bits per heavy atom. The van der Waals surface area contributed by atoms with Gasteiger partial charge in [0.25, 0.3) is 5.69 Å². The highest BCUT2D eigenvalue weighted by Gasteiger charge is 2.30. The van der Waals surface area contributed by atoms with Gasteiger partial charge >= 0.3 is 0 Å². The Morgan fingerprint density at radius 2 is 1.86 bits per heavy atom. The van der Waals surface area contributed by atoms with E-state index in [4.69, 9.17) is 0 Å². The van der Waals surface area contributed by atoms with Crippen molar-refractivity contribution in [1.29, 1.82) is 0 Å². The molecule has 0 saturated heterocycles. The fourth-order valence-electron chi connectivity index (χ4n) is 3.61. The van der Waals surface area contributed by atoms with Gasteiger partial charge in [-0.2, -0.15) is 0 Å². The smallest absolute Gasteiger partial charge is 0.270 e. The molecule has 0 fully saturated rings. The van der Waals surface area contributed by atoms with Gasteiger partial charge in [0, 0.05) is 43.2 Å². The molecular weight excluding hydrogens is 354 g/mol. The number of hydrogen-bond donors (Lipinski definition) is 0. The lowest BCUT2D eigenvalue weighted by Crippen LogP contribution is -2.41. The number of hydrogen-bond acceptors (Lipinski definition) is 3. The topological polar surface area (TPSA) is 68.4 Å². The Hall–Kier alpha value is -3.67. The second-order valence-corrected chi connectivity index (χ2v) is 6.66. The van der Waals surface area contributed by atoms with Crippen LogP contribution in [0.2, 0.25) is 0 Å². The lowest BCUT2D eigenvalue weighted by molar-refractivity contribution is -0.384. The van der Waals surface area contributed by atoms with Crippen molar-refractivity contribution < 1.29 is 9.72 Å². The van der Waals surface area contributed by atoms with Crippen molar-refractivity contribution in [3.63, 3.8) is 0 Å². The fraction of sp³-hybridized carbons (Fsp3) is 0.136. The third-order valence-corrected chi connectivity index (χ3v) is 4.94. The summed E-state index contributed by atoms with van der Waals surface area (Å²) < 4.78 is 2.17. The van der Waals surface area contributed by atoms with Gasteiger partial charge in [0.2, 0.25) is 5.91 Å². The highest BCUT2D eigenvalue weighted by atomic mass is 16.6. The molecular formula is C22H19N3O3. The van der Waals surface area contributed by atoms with Crippen molar-refractivity contribution in [2.75, 3.05) is 6.54 Å². The van der Waals surface area contributed by atoms with E-state index in [9.17, 15) is 14.9 Å². The van der Waals surface area contributed by atoms with Gasteiger partial charge in [0.05, 0.1) is 11.0 Å². The first-order valence-corrected chi connectivity index (χ1v) is 9.06. The zero-order valence-corrected chi connectivity index (χ0v) is 15.1. The Labute approximate surface area is 162 Å². The molecule has 140 valence electrons. The van der Waals surface area contributed by atoms with Crippen LogP contribution in [0.4, 0.5) is 5.69 Å². The molecule has 3 aromatic rings. The Morgan fingerprint density at radius 1 is 1.04 bits per heavy atom. The summed E-state index contributed by atoms with van der Waals surface area (Å²) in [7, 11) is 0. The number of carbonyl (C=O) groups is 1. The SMILES string of the molecule is O=C(C=Cc1cccc([N+](=O)[O-])c1)N1CCn2cccc2C1c1ccccc1. The predicted octanol–water partition coefficient (Wildman–Crippen LogP) is 4.04. The minimum Gasteiger partial charge on any atom is -0.348 e. The second kappa shape index (κ2) is 7.52. The maximum Gasteiger partial charge on any atom is 0.270 e. The van der Waals surface area contributed by atoms with E-state index in [1.165, 1.54) is 18.2 Å². The molecule has 0 saturated carbocycles. The molecule has 2 heterocycles. The van der Waals surface area contributed by atoms with Gasteiger partial charge in [0.1, 0.15) is 0 Å². The van der Waals surface area contributed by atoms with Crippen LogP contribution in [0.25, 0.3) is 6.08 Å². The van der Waals surface area contributed by atoms with E-state index in [1.54, 1.807) is 18.2 Å². The molecule has 4 rings (SSSR count). The summed E-state index contributed by atoms with van der Waals surface area (Å²) in [5.74, 6) is -0.118. The van der Waals surface area contributed by atoms with E-state index in [1.807, 2.05) is 53.6 Å². The molecule has 0 radical (unpaired) electrons. The van der Waals surface area contributed by atoms with E-state index in [0.29, 0.717) is 12.1 Å². The average molecular weight is 373 g/mol. The maximum atomic E-state index is 13.0. The summed E-state index contributed by atoms with van der Waals surface area (Å²) in [6.45, 7) is 1.33. The monoisotopic (exact) mass is 373 g/mol. The van der Waals surface area contributed by atoms with Crippen LogP contribution in [0.5, 0.6) is 0 Å². The number of fused-ring (bicyclic) bond motifs is 1. The molecule has 0 bridgehead atoms. The number of rotatable bonds is 4. The molecule has 6 nitrogen and oxygen atoms in total. The molecule has 0 aliphatic carbocycles. The number of nitro benzene ring substituents is 1. The number of benzene rings is 2. The summed E-state index contributed by atoms with van der Waals surface area (Å²) in [6.07, 6.45) is 5.16. The van der Waals surface area contributed by atoms with E-state index in [2.05, 4.69) is 4.57 Å². The summed E-state index contributed by atoms with van der Waals surface area (Å²) in [5.41, 5.74) is 2.76. The average Bonchev–Trinajstić information content (AvgIpc) is 3.21. The first kappa shape index (κ1) is 17.7. The van der Waals surface area contributed by atoms with Gasteiger partial charge in [-0.05, 0) is 29.3 Å². The number of non-ortho nitro benzene ring substituents is 1. The minimum absolute atomic E-state index is 0.00700. The zero-order chi connectivity index (χ0) is 19.5. The lowest BCUT2D eigenvalue weighted by atomic mass is 10.00. The van der Waals surface area contributed by atoms with Crippen LogP contribution < -0.4 is 0 Å². The van der Waals surface area contributed by atoms with Gasteiger partial charge in [-0.1, -0.05) is 42.5 Å². The number of aromatic nitrogens is 1. The molecule has 1 aliphatic heterocycles. The van der Waals surface area contributed by atoms with Crippen molar-refractivity contribution in [2.45, 2.75) is 12.6 Å². The van der Waals surface area contributed by atoms with Crippen molar-refractivity contribution in [1.82, 2.24) is 9.47 Å². The highest BCUT2D eigenvalue weighted by molar-refractivity contribution is 5.92. The number of amides is 1. The van der Waals surface area contributed by atoms with Crippen molar-refractivity contribution in [2.24, 2.45) is 0 Å². The number of carbonyl (C=O) groups excluding carboxylic acids is 1. The van der Waals surface area contributed by atoms with Gasteiger partial charge in [-0.25, -0.2) is 0 Å². The molecule has 6 heteroatoms. The van der Waals surface area contributed by atoms with Gasteiger partial charge < -0.3 is 9.47 Å². The maximum absolute atomic E-state index is 13.0. The normalized spacial score (nSPS) is 16.1. The summed E-state index contributed by atoms with van der Waals surface area (Å²) >= 11 is 0. The number of nitro groups is 1. The molecule has 0 N–H and O–H groups in total. The summed E-state index contributed by atoms with van der Waals surface area (Å²) in [6, 6.07) is 20.1. The minimum atomic E-state index is -0.441. The molecule has 1 unspecified atom stereocenters. The van der Waals surface area contributed by atoms with Crippen LogP contribution in [-0.4, -0.2) is 26.8 Å². The number of nitrogens with zero attached hydrogens (tertiary/aromatic N) is 3. The Kier molecular flexibility index (Phi) is 4.76. The highest BCUT2D eigenvalue weighted by Crippen LogP contribution is 2.32. The molecule has 1 amide bonds. The van der Waals surface area contributed by atoms with Crippen LogP contribution in [0.3, 0.4) is 0 Å². The van der Waals surface area contributed by atoms with Crippen LogP contribution in [0.15, 0.2) is 79.0 Å². The van der Waals surface area contributed by atoms with Crippen molar-refractivity contribution in [3.8, 4) is 0 Å². The van der Waals surface area contributed by atoms with E-state index in [-0.39, 0.29) is 17.6 Å². The molecule has 1 aromatic heterocycles. The van der Waals surface area contributed by atoms with E-state index < -0.39 is 4.92 Å². The molecule has 0 spiro atoms. The molecule has 1 atom stereocenters.